The van der Waals surface area contributed by atoms with Crippen LogP contribution in [0.3, 0.4) is 0 Å². The zero-order valence-corrected chi connectivity index (χ0v) is 11.0. The number of fused-ring (bicyclic) bond motifs is 4. The molecule has 2 aliphatic heterocycles. The first-order chi connectivity index (χ1) is 8.78. The van der Waals surface area contributed by atoms with Gasteiger partial charge in [0.05, 0.1) is 0 Å². The van der Waals surface area contributed by atoms with E-state index < -0.39 is 0 Å². The summed E-state index contributed by atoms with van der Waals surface area (Å²) in [6.07, 6.45) is 10.1. The van der Waals surface area contributed by atoms with Gasteiger partial charge in [0.1, 0.15) is 0 Å². The summed E-state index contributed by atoms with van der Waals surface area (Å²) in [6, 6.07) is 1.80. The van der Waals surface area contributed by atoms with E-state index in [2.05, 4.69) is 10.6 Å². The third kappa shape index (κ3) is 1.87. The van der Waals surface area contributed by atoms with Crippen molar-refractivity contribution in [2.24, 2.45) is 17.8 Å². The minimum Gasteiger partial charge on any atom is -0.353 e. The number of hydrogen-bond donors (Lipinski definition) is 2. The summed E-state index contributed by atoms with van der Waals surface area (Å²) in [7, 11) is 0. The molecule has 100 valence electrons. The van der Waals surface area contributed by atoms with Crippen LogP contribution in [0.25, 0.3) is 0 Å². The molecule has 0 aromatic rings. The molecular formula is C15H24N2O. The van der Waals surface area contributed by atoms with E-state index in [0.717, 1.165) is 18.8 Å². The highest BCUT2D eigenvalue weighted by Crippen LogP contribution is 2.48. The maximum atomic E-state index is 12.4. The Kier molecular flexibility index (Phi) is 2.65. The monoisotopic (exact) mass is 248 g/mol. The van der Waals surface area contributed by atoms with Crippen molar-refractivity contribution in [3.63, 3.8) is 0 Å². The van der Waals surface area contributed by atoms with Crippen LogP contribution in [0.4, 0.5) is 0 Å². The molecule has 4 bridgehead atoms. The zero-order valence-electron chi connectivity index (χ0n) is 11.0. The molecule has 5 unspecified atom stereocenters. The third-order valence-electron chi connectivity index (χ3n) is 5.89. The van der Waals surface area contributed by atoms with Gasteiger partial charge in [-0.25, -0.2) is 0 Å². The van der Waals surface area contributed by atoms with Crippen LogP contribution in [0, 0.1) is 17.8 Å². The minimum absolute atomic E-state index is 0.358. The second-order valence-electron chi connectivity index (χ2n) is 7.10. The van der Waals surface area contributed by atoms with Gasteiger partial charge >= 0.3 is 0 Å². The van der Waals surface area contributed by atoms with Crippen LogP contribution in [0.15, 0.2) is 0 Å². The molecule has 2 heterocycles. The van der Waals surface area contributed by atoms with Crippen LogP contribution in [-0.4, -0.2) is 24.0 Å². The molecule has 2 saturated carbocycles. The number of amides is 1. The Bertz CT molecular complexity index is 344. The van der Waals surface area contributed by atoms with Gasteiger partial charge in [0.25, 0.3) is 0 Å². The molecule has 4 aliphatic rings. The van der Waals surface area contributed by atoms with Crippen LogP contribution in [0.5, 0.6) is 0 Å². The lowest BCUT2D eigenvalue weighted by Gasteiger charge is -2.31. The molecule has 0 spiro atoms. The maximum absolute atomic E-state index is 12.4. The quantitative estimate of drug-likeness (QED) is 0.782. The summed E-state index contributed by atoms with van der Waals surface area (Å²) in [4.78, 5) is 12.4. The molecular weight excluding hydrogens is 224 g/mol. The molecule has 1 amide bonds. The van der Waals surface area contributed by atoms with Gasteiger partial charge in [0.15, 0.2) is 0 Å². The molecule has 3 heteroatoms. The third-order valence-corrected chi connectivity index (χ3v) is 5.89. The lowest BCUT2D eigenvalue weighted by molar-refractivity contribution is -0.127. The van der Waals surface area contributed by atoms with Gasteiger partial charge in [-0.15, -0.1) is 0 Å². The molecule has 3 nitrogen and oxygen atoms in total. The molecule has 4 rings (SSSR count). The van der Waals surface area contributed by atoms with Crippen molar-refractivity contribution < 1.29 is 4.79 Å². The average molecular weight is 248 g/mol. The largest absolute Gasteiger partial charge is 0.353 e. The normalized spacial score (nSPS) is 49.6. The molecule has 18 heavy (non-hydrogen) atoms. The Morgan fingerprint density at radius 1 is 0.944 bits per heavy atom. The average Bonchev–Trinajstić information content (AvgIpc) is 3.05. The highest BCUT2D eigenvalue weighted by Gasteiger charge is 2.44. The first-order valence-electron chi connectivity index (χ1n) is 7.84. The fourth-order valence-electron chi connectivity index (χ4n) is 5.05. The smallest absolute Gasteiger partial charge is 0.223 e. The molecule has 0 aromatic carbocycles. The van der Waals surface area contributed by atoms with Crippen molar-refractivity contribution in [3.8, 4) is 0 Å². The topological polar surface area (TPSA) is 41.1 Å². The van der Waals surface area contributed by atoms with E-state index in [1.54, 1.807) is 0 Å². The molecule has 4 fully saturated rings. The summed E-state index contributed by atoms with van der Waals surface area (Å²) >= 11 is 0. The van der Waals surface area contributed by atoms with Crippen molar-refractivity contribution in [1.82, 2.24) is 10.6 Å². The van der Waals surface area contributed by atoms with Crippen molar-refractivity contribution >= 4 is 5.91 Å². The van der Waals surface area contributed by atoms with E-state index >= 15 is 0 Å². The number of rotatable bonds is 2. The van der Waals surface area contributed by atoms with Crippen LogP contribution in [0.2, 0.25) is 0 Å². The van der Waals surface area contributed by atoms with E-state index in [4.69, 9.17) is 0 Å². The Labute approximate surface area is 109 Å². The summed E-state index contributed by atoms with van der Waals surface area (Å²) in [5.74, 6) is 2.33. The summed E-state index contributed by atoms with van der Waals surface area (Å²) < 4.78 is 0. The first-order valence-corrected chi connectivity index (χ1v) is 7.84. The van der Waals surface area contributed by atoms with Crippen LogP contribution in [-0.2, 0) is 4.79 Å². The van der Waals surface area contributed by atoms with Gasteiger partial charge in [-0.1, -0.05) is 6.42 Å². The lowest BCUT2D eigenvalue weighted by atomic mass is 9.87. The number of hydrogen-bond acceptors (Lipinski definition) is 2. The summed E-state index contributed by atoms with van der Waals surface area (Å²) in [5.41, 5.74) is 0. The van der Waals surface area contributed by atoms with E-state index in [1.807, 2.05) is 0 Å². The predicted octanol–water partition coefficient (Wildman–Crippen LogP) is 1.82. The predicted molar refractivity (Wildman–Crippen MR) is 70.0 cm³/mol. The van der Waals surface area contributed by atoms with Gasteiger partial charge < -0.3 is 10.6 Å². The fourth-order valence-corrected chi connectivity index (χ4v) is 5.05. The van der Waals surface area contributed by atoms with Crippen LogP contribution >= 0.6 is 0 Å². The molecule has 2 saturated heterocycles. The lowest BCUT2D eigenvalue weighted by Crippen LogP contribution is -2.49. The summed E-state index contributed by atoms with van der Waals surface area (Å²) in [5, 5.41) is 7.01. The number of nitrogens with one attached hydrogen (secondary N) is 2. The Hall–Kier alpha value is -0.570. The molecule has 2 N–H and O–H groups in total. The second-order valence-corrected chi connectivity index (χ2v) is 7.10. The van der Waals surface area contributed by atoms with E-state index in [0.29, 0.717) is 35.9 Å². The van der Waals surface area contributed by atoms with Crippen molar-refractivity contribution in [1.29, 1.82) is 0 Å². The SMILES string of the molecule is O=C(NC1CC2CCC(C1)N2)C1CC2CCC1C2. The Morgan fingerprint density at radius 2 is 1.72 bits per heavy atom. The Morgan fingerprint density at radius 3 is 2.33 bits per heavy atom. The number of carbonyl (C=O) groups excluding carboxylic acids is 1. The molecule has 2 aliphatic carbocycles. The van der Waals surface area contributed by atoms with Gasteiger partial charge in [-0.2, -0.15) is 0 Å². The standard InChI is InChI=1S/C15H24N2O/c18-15(14-6-9-1-2-10(14)5-9)17-13-7-11-3-4-12(8-13)16-11/h9-14,16H,1-8H2,(H,17,18). The molecule has 0 aromatic heterocycles. The summed E-state index contributed by atoms with van der Waals surface area (Å²) in [6.45, 7) is 0. The number of piperidine rings is 1. The van der Waals surface area contributed by atoms with Gasteiger partial charge in [-0.3, -0.25) is 4.79 Å². The van der Waals surface area contributed by atoms with Gasteiger partial charge in [-0.05, 0) is 56.8 Å². The maximum Gasteiger partial charge on any atom is 0.223 e. The van der Waals surface area contributed by atoms with E-state index in [9.17, 15) is 4.79 Å². The van der Waals surface area contributed by atoms with Crippen LogP contribution in [0.1, 0.15) is 51.4 Å². The first kappa shape index (κ1) is 11.3. The molecule has 5 atom stereocenters. The van der Waals surface area contributed by atoms with E-state index in [-0.39, 0.29) is 0 Å². The van der Waals surface area contributed by atoms with Crippen molar-refractivity contribution in [2.45, 2.75) is 69.5 Å². The van der Waals surface area contributed by atoms with E-state index in [1.165, 1.54) is 38.5 Å². The van der Waals surface area contributed by atoms with Crippen molar-refractivity contribution in [2.75, 3.05) is 0 Å². The van der Waals surface area contributed by atoms with Gasteiger partial charge in [0, 0.05) is 24.0 Å². The highest BCUT2D eigenvalue weighted by atomic mass is 16.2. The second kappa shape index (κ2) is 4.22. The fraction of sp³-hybridized carbons (Fsp3) is 0.933. The highest BCUT2D eigenvalue weighted by molar-refractivity contribution is 5.79. The zero-order chi connectivity index (χ0) is 12.1. The number of carbonyl (C=O) groups is 1. The Balaban J connectivity index is 1.36. The van der Waals surface area contributed by atoms with Crippen LogP contribution < -0.4 is 10.6 Å². The molecule has 0 radical (unpaired) electrons. The minimum atomic E-state index is 0.358. The van der Waals surface area contributed by atoms with Gasteiger partial charge in [0.2, 0.25) is 5.91 Å². The van der Waals surface area contributed by atoms with Crippen molar-refractivity contribution in [3.05, 3.63) is 0 Å².